The number of piperazine rings is 1. The van der Waals surface area contributed by atoms with E-state index in [1.54, 1.807) is 9.80 Å². The van der Waals surface area contributed by atoms with Gasteiger partial charge in [-0.2, -0.15) is 13.2 Å². The first-order valence-electron chi connectivity index (χ1n) is 6.71. The molecular weight excluding hydrogens is 299 g/mol. The zero-order valence-electron chi connectivity index (χ0n) is 12.0. The van der Waals surface area contributed by atoms with Crippen LogP contribution in [0.15, 0.2) is 18.2 Å². The number of halogens is 3. The van der Waals surface area contributed by atoms with Crippen molar-refractivity contribution in [1.29, 1.82) is 0 Å². The quantitative estimate of drug-likeness (QED) is 0.899. The lowest BCUT2D eigenvalue weighted by molar-refractivity contribution is -0.137. The van der Waals surface area contributed by atoms with Crippen LogP contribution in [0, 0.1) is 0 Å². The fourth-order valence-corrected chi connectivity index (χ4v) is 2.45. The SMILES string of the molecule is CC(=O)N1CCN(c2ccc(C(N)=O)cc2C(F)(F)F)CC1. The summed E-state index contributed by atoms with van der Waals surface area (Å²) < 4.78 is 39.6. The van der Waals surface area contributed by atoms with Crippen LogP contribution in [-0.2, 0) is 11.0 Å². The Morgan fingerprint density at radius 2 is 1.73 bits per heavy atom. The minimum Gasteiger partial charge on any atom is -0.367 e. The van der Waals surface area contributed by atoms with E-state index in [4.69, 9.17) is 5.73 Å². The topological polar surface area (TPSA) is 66.6 Å². The number of carbonyl (C=O) groups is 2. The molecule has 8 heteroatoms. The number of nitrogens with zero attached hydrogens (tertiary/aromatic N) is 2. The molecule has 0 atom stereocenters. The zero-order valence-corrected chi connectivity index (χ0v) is 12.0. The highest BCUT2D eigenvalue weighted by atomic mass is 19.4. The number of anilines is 1. The molecule has 1 aliphatic heterocycles. The summed E-state index contributed by atoms with van der Waals surface area (Å²) in [7, 11) is 0. The maximum Gasteiger partial charge on any atom is 0.418 e. The van der Waals surface area contributed by atoms with Crippen molar-refractivity contribution >= 4 is 17.5 Å². The number of nitrogens with two attached hydrogens (primary N) is 1. The lowest BCUT2D eigenvalue weighted by atomic mass is 10.1. The van der Waals surface area contributed by atoms with Gasteiger partial charge < -0.3 is 15.5 Å². The van der Waals surface area contributed by atoms with Gasteiger partial charge in [0.05, 0.1) is 5.56 Å². The maximum atomic E-state index is 13.2. The fraction of sp³-hybridized carbons (Fsp3) is 0.429. The molecule has 0 aliphatic carbocycles. The van der Waals surface area contributed by atoms with E-state index in [-0.39, 0.29) is 17.2 Å². The molecule has 0 bridgehead atoms. The minimum absolute atomic E-state index is 0.000650. The van der Waals surface area contributed by atoms with Gasteiger partial charge in [-0.25, -0.2) is 0 Å². The van der Waals surface area contributed by atoms with Crippen LogP contribution in [0.5, 0.6) is 0 Å². The smallest absolute Gasteiger partial charge is 0.367 e. The predicted octanol–water partition coefficient (Wildman–Crippen LogP) is 1.47. The monoisotopic (exact) mass is 315 g/mol. The fourth-order valence-electron chi connectivity index (χ4n) is 2.45. The van der Waals surface area contributed by atoms with Crippen LogP contribution in [-0.4, -0.2) is 42.9 Å². The van der Waals surface area contributed by atoms with E-state index in [0.717, 1.165) is 6.07 Å². The van der Waals surface area contributed by atoms with Crippen molar-refractivity contribution in [2.45, 2.75) is 13.1 Å². The Morgan fingerprint density at radius 3 is 2.18 bits per heavy atom. The molecule has 0 saturated carbocycles. The van der Waals surface area contributed by atoms with Gasteiger partial charge in [-0.3, -0.25) is 9.59 Å². The van der Waals surface area contributed by atoms with Crippen LogP contribution >= 0.6 is 0 Å². The lowest BCUT2D eigenvalue weighted by Gasteiger charge is -2.36. The van der Waals surface area contributed by atoms with Gasteiger partial charge in [-0.1, -0.05) is 0 Å². The number of rotatable bonds is 2. The van der Waals surface area contributed by atoms with Gasteiger partial charge in [0.1, 0.15) is 0 Å². The summed E-state index contributed by atoms with van der Waals surface area (Å²) in [5, 5.41) is 0. The molecular formula is C14H16F3N3O2. The van der Waals surface area contributed by atoms with Crippen molar-refractivity contribution in [1.82, 2.24) is 4.90 Å². The molecule has 1 aromatic carbocycles. The lowest BCUT2D eigenvalue weighted by Crippen LogP contribution is -2.48. The van der Waals surface area contributed by atoms with Crippen LogP contribution in [0.2, 0.25) is 0 Å². The number of hydrogen-bond donors (Lipinski definition) is 1. The van der Waals surface area contributed by atoms with Crippen molar-refractivity contribution in [2.75, 3.05) is 31.1 Å². The number of carbonyl (C=O) groups excluding carboxylic acids is 2. The van der Waals surface area contributed by atoms with Gasteiger partial charge in [0.15, 0.2) is 0 Å². The molecule has 2 rings (SSSR count). The highest BCUT2D eigenvalue weighted by Crippen LogP contribution is 2.37. The third kappa shape index (κ3) is 3.32. The van der Waals surface area contributed by atoms with Crippen molar-refractivity contribution in [3.8, 4) is 0 Å². The predicted molar refractivity (Wildman–Crippen MR) is 74.4 cm³/mol. The molecule has 0 spiro atoms. The summed E-state index contributed by atoms with van der Waals surface area (Å²) in [4.78, 5) is 25.5. The Hall–Kier alpha value is -2.25. The summed E-state index contributed by atoms with van der Waals surface area (Å²) in [6.45, 7) is 2.77. The third-order valence-electron chi connectivity index (χ3n) is 3.65. The van der Waals surface area contributed by atoms with E-state index < -0.39 is 17.6 Å². The largest absolute Gasteiger partial charge is 0.418 e. The standard InChI is InChI=1S/C14H16F3N3O2/c1-9(21)19-4-6-20(7-5-19)12-3-2-10(13(18)22)8-11(12)14(15,16)17/h2-3,8H,4-7H2,1H3,(H2,18,22). The van der Waals surface area contributed by atoms with Crippen molar-refractivity contribution in [3.63, 3.8) is 0 Å². The van der Waals surface area contributed by atoms with Gasteiger partial charge in [0.25, 0.3) is 0 Å². The number of primary amides is 1. The van der Waals surface area contributed by atoms with Crippen LogP contribution in [0.1, 0.15) is 22.8 Å². The molecule has 2 amide bonds. The Bertz CT molecular complexity index is 593. The molecule has 1 saturated heterocycles. The first-order chi connectivity index (χ1) is 10.2. The molecule has 120 valence electrons. The number of benzene rings is 1. The van der Waals surface area contributed by atoms with E-state index >= 15 is 0 Å². The first-order valence-corrected chi connectivity index (χ1v) is 6.71. The second-order valence-electron chi connectivity index (χ2n) is 5.09. The second kappa shape index (κ2) is 5.86. The van der Waals surface area contributed by atoms with Crippen LogP contribution in [0.25, 0.3) is 0 Å². The molecule has 1 aliphatic rings. The van der Waals surface area contributed by atoms with Crippen LogP contribution in [0.3, 0.4) is 0 Å². The van der Waals surface area contributed by atoms with E-state index in [1.165, 1.54) is 19.1 Å². The molecule has 1 aromatic rings. The average molecular weight is 315 g/mol. The normalized spacial score (nSPS) is 15.8. The van der Waals surface area contributed by atoms with Crippen molar-refractivity contribution in [3.05, 3.63) is 29.3 Å². The molecule has 0 radical (unpaired) electrons. The van der Waals surface area contributed by atoms with Gasteiger partial charge in [-0.15, -0.1) is 0 Å². The first kappa shape index (κ1) is 16.1. The van der Waals surface area contributed by atoms with E-state index in [2.05, 4.69) is 0 Å². The van der Waals surface area contributed by atoms with Gasteiger partial charge >= 0.3 is 6.18 Å². The Kier molecular flexibility index (Phi) is 4.30. The Morgan fingerprint density at radius 1 is 1.14 bits per heavy atom. The number of alkyl halides is 3. The highest BCUT2D eigenvalue weighted by molar-refractivity contribution is 5.93. The molecule has 0 aromatic heterocycles. The maximum absolute atomic E-state index is 13.2. The van der Waals surface area contributed by atoms with E-state index in [9.17, 15) is 22.8 Å². The highest BCUT2D eigenvalue weighted by Gasteiger charge is 2.36. The third-order valence-corrected chi connectivity index (χ3v) is 3.65. The minimum atomic E-state index is -4.58. The van der Waals surface area contributed by atoms with E-state index in [1.807, 2.05) is 0 Å². The average Bonchev–Trinajstić information content (AvgIpc) is 2.45. The zero-order chi connectivity index (χ0) is 16.5. The molecule has 2 N–H and O–H groups in total. The molecule has 1 heterocycles. The van der Waals surface area contributed by atoms with Crippen LogP contribution in [0.4, 0.5) is 18.9 Å². The summed E-state index contributed by atoms with van der Waals surface area (Å²) >= 11 is 0. The number of amides is 2. The summed E-state index contributed by atoms with van der Waals surface area (Å²) in [6.07, 6.45) is -4.58. The Labute approximate surface area is 125 Å². The van der Waals surface area contributed by atoms with Crippen molar-refractivity contribution in [2.24, 2.45) is 5.73 Å². The van der Waals surface area contributed by atoms with Gasteiger partial charge in [0, 0.05) is 44.4 Å². The van der Waals surface area contributed by atoms with Crippen LogP contribution < -0.4 is 10.6 Å². The van der Waals surface area contributed by atoms with Crippen molar-refractivity contribution < 1.29 is 22.8 Å². The molecule has 1 fully saturated rings. The summed E-state index contributed by atoms with van der Waals surface area (Å²) in [6, 6.07) is 3.31. The molecule has 22 heavy (non-hydrogen) atoms. The van der Waals surface area contributed by atoms with Gasteiger partial charge in [0.2, 0.25) is 11.8 Å². The molecule has 0 unspecified atom stereocenters. The van der Waals surface area contributed by atoms with Gasteiger partial charge in [-0.05, 0) is 18.2 Å². The second-order valence-corrected chi connectivity index (χ2v) is 5.09. The Balaban J connectivity index is 2.31. The van der Waals surface area contributed by atoms with E-state index in [0.29, 0.717) is 26.2 Å². The summed E-state index contributed by atoms with van der Waals surface area (Å²) in [5.41, 5.74) is 3.97. The molecule has 5 nitrogen and oxygen atoms in total. The number of hydrogen-bond acceptors (Lipinski definition) is 3. The summed E-state index contributed by atoms with van der Waals surface area (Å²) in [5.74, 6) is -1.00.